The number of carbonyl (C=O) groups is 1. The molecular formula is C20H25N3O2. The van der Waals surface area contributed by atoms with Crippen LogP contribution in [0.1, 0.15) is 35.2 Å². The van der Waals surface area contributed by atoms with E-state index in [2.05, 4.69) is 47.3 Å². The predicted molar refractivity (Wildman–Crippen MR) is 97.2 cm³/mol. The van der Waals surface area contributed by atoms with Crippen molar-refractivity contribution >= 4 is 5.91 Å². The van der Waals surface area contributed by atoms with Crippen LogP contribution in [-0.2, 0) is 13.0 Å². The summed E-state index contributed by atoms with van der Waals surface area (Å²) in [5.74, 6) is 0.665. The van der Waals surface area contributed by atoms with E-state index in [1.807, 2.05) is 24.1 Å². The zero-order valence-electron chi connectivity index (χ0n) is 14.9. The number of hydrogen-bond acceptors (Lipinski definition) is 4. The van der Waals surface area contributed by atoms with E-state index in [4.69, 9.17) is 4.52 Å². The lowest BCUT2D eigenvalue weighted by molar-refractivity contribution is 0.0737. The van der Waals surface area contributed by atoms with Crippen molar-refractivity contribution in [3.8, 4) is 0 Å². The van der Waals surface area contributed by atoms with Crippen LogP contribution in [0.15, 0.2) is 53.1 Å². The second-order valence-electron chi connectivity index (χ2n) is 6.51. The SMILES string of the molecule is CC[C@H]1C=CCN1C(=O)c1cc(CN(C)CCc2ccccc2)on1. The van der Waals surface area contributed by atoms with E-state index >= 15 is 0 Å². The third kappa shape index (κ3) is 4.37. The van der Waals surface area contributed by atoms with Crippen LogP contribution in [0, 0.1) is 0 Å². The van der Waals surface area contributed by atoms with Crippen LogP contribution >= 0.6 is 0 Å². The Balaban J connectivity index is 1.53. The number of rotatable bonds is 7. The van der Waals surface area contributed by atoms with Gasteiger partial charge in [0.2, 0.25) is 0 Å². The first-order valence-electron chi connectivity index (χ1n) is 8.83. The lowest BCUT2D eigenvalue weighted by Crippen LogP contribution is -2.35. The molecule has 0 fully saturated rings. The molecule has 132 valence electrons. The summed E-state index contributed by atoms with van der Waals surface area (Å²) >= 11 is 0. The molecule has 5 nitrogen and oxygen atoms in total. The lowest BCUT2D eigenvalue weighted by atomic mass is 10.1. The van der Waals surface area contributed by atoms with Crippen molar-refractivity contribution in [1.82, 2.24) is 15.0 Å². The Morgan fingerprint density at radius 3 is 2.92 bits per heavy atom. The summed E-state index contributed by atoms with van der Waals surface area (Å²) in [6.45, 7) is 4.29. The van der Waals surface area contributed by atoms with Crippen LogP contribution in [0.25, 0.3) is 0 Å². The fourth-order valence-corrected chi connectivity index (χ4v) is 3.11. The van der Waals surface area contributed by atoms with Crippen LogP contribution in [-0.4, -0.2) is 47.0 Å². The molecule has 0 spiro atoms. The molecule has 3 rings (SSSR count). The number of hydrogen-bond donors (Lipinski definition) is 0. The number of benzene rings is 1. The van der Waals surface area contributed by atoms with Crippen molar-refractivity contribution in [2.24, 2.45) is 0 Å². The highest BCUT2D eigenvalue weighted by molar-refractivity contribution is 5.93. The highest BCUT2D eigenvalue weighted by Crippen LogP contribution is 2.17. The first-order valence-corrected chi connectivity index (χ1v) is 8.83. The number of amides is 1. The van der Waals surface area contributed by atoms with Gasteiger partial charge in [0.1, 0.15) is 0 Å². The van der Waals surface area contributed by atoms with E-state index in [-0.39, 0.29) is 11.9 Å². The highest BCUT2D eigenvalue weighted by atomic mass is 16.5. The fraction of sp³-hybridized carbons (Fsp3) is 0.400. The largest absolute Gasteiger partial charge is 0.359 e. The molecule has 25 heavy (non-hydrogen) atoms. The average molecular weight is 339 g/mol. The zero-order chi connectivity index (χ0) is 17.6. The molecule has 0 radical (unpaired) electrons. The molecule has 0 saturated carbocycles. The number of nitrogens with zero attached hydrogens (tertiary/aromatic N) is 3. The van der Waals surface area contributed by atoms with Crippen LogP contribution < -0.4 is 0 Å². The number of likely N-dealkylation sites (N-methyl/N-ethyl adjacent to an activating group) is 1. The first-order chi connectivity index (χ1) is 12.2. The molecule has 5 heteroatoms. The highest BCUT2D eigenvalue weighted by Gasteiger charge is 2.26. The van der Waals surface area contributed by atoms with Crippen molar-refractivity contribution in [3.63, 3.8) is 0 Å². The Bertz CT molecular complexity index is 724. The summed E-state index contributed by atoms with van der Waals surface area (Å²) in [6, 6.07) is 12.3. The summed E-state index contributed by atoms with van der Waals surface area (Å²) in [4.78, 5) is 16.6. The van der Waals surface area contributed by atoms with Gasteiger partial charge in [0.05, 0.1) is 12.6 Å². The standard InChI is InChI=1S/C20H25N3O2/c1-3-17-10-7-12-23(17)20(24)19-14-18(25-21-19)15-22(2)13-11-16-8-5-4-6-9-16/h4-10,14,17H,3,11-13,15H2,1-2H3/t17-/m0/s1. The van der Waals surface area contributed by atoms with Crippen LogP contribution in [0.3, 0.4) is 0 Å². The smallest absolute Gasteiger partial charge is 0.276 e. The minimum absolute atomic E-state index is 0.0567. The van der Waals surface area contributed by atoms with Gasteiger partial charge in [-0.2, -0.15) is 0 Å². The monoisotopic (exact) mass is 339 g/mol. The van der Waals surface area contributed by atoms with Crippen LogP contribution in [0.2, 0.25) is 0 Å². The Hall–Kier alpha value is -2.40. The third-order valence-electron chi connectivity index (χ3n) is 4.57. The van der Waals surface area contributed by atoms with Crippen molar-refractivity contribution in [3.05, 3.63) is 65.6 Å². The molecule has 1 aliphatic heterocycles. The van der Waals surface area contributed by atoms with Gasteiger partial charge in [0.15, 0.2) is 11.5 Å². The second kappa shape index (κ2) is 8.12. The van der Waals surface area contributed by atoms with E-state index in [1.165, 1.54) is 5.56 Å². The van der Waals surface area contributed by atoms with Crippen molar-refractivity contribution in [1.29, 1.82) is 0 Å². The Labute approximate surface area is 148 Å². The molecule has 2 aromatic rings. The average Bonchev–Trinajstić information content (AvgIpc) is 3.29. The zero-order valence-corrected chi connectivity index (χ0v) is 14.9. The van der Waals surface area contributed by atoms with E-state index < -0.39 is 0 Å². The van der Waals surface area contributed by atoms with Gasteiger partial charge in [-0.15, -0.1) is 0 Å². The maximum Gasteiger partial charge on any atom is 0.276 e. The van der Waals surface area contributed by atoms with Gasteiger partial charge in [-0.25, -0.2) is 0 Å². The van der Waals surface area contributed by atoms with Crippen LogP contribution in [0.5, 0.6) is 0 Å². The third-order valence-corrected chi connectivity index (χ3v) is 4.57. The van der Waals surface area contributed by atoms with Crippen LogP contribution in [0.4, 0.5) is 0 Å². The summed E-state index contributed by atoms with van der Waals surface area (Å²) in [7, 11) is 2.05. The first kappa shape index (κ1) is 17.4. The topological polar surface area (TPSA) is 49.6 Å². The molecule has 0 saturated heterocycles. The van der Waals surface area contributed by atoms with Crippen molar-refractivity contribution < 1.29 is 9.32 Å². The van der Waals surface area contributed by atoms with E-state index in [0.717, 1.165) is 25.1 Å². The molecule has 1 atom stereocenters. The number of carbonyl (C=O) groups excluding carboxylic acids is 1. The maximum absolute atomic E-state index is 12.6. The molecular weight excluding hydrogens is 314 g/mol. The van der Waals surface area contributed by atoms with Gasteiger partial charge in [-0.05, 0) is 25.5 Å². The molecule has 0 bridgehead atoms. The minimum Gasteiger partial charge on any atom is -0.359 e. The normalized spacial score (nSPS) is 16.8. The van der Waals surface area contributed by atoms with Gasteiger partial charge in [0, 0.05) is 19.2 Å². The van der Waals surface area contributed by atoms with Gasteiger partial charge >= 0.3 is 0 Å². The van der Waals surface area contributed by atoms with E-state index in [9.17, 15) is 4.79 Å². The van der Waals surface area contributed by atoms with Gasteiger partial charge in [-0.1, -0.05) is 54.6 Å². The molecule has 2 heterocycles. The second-order valence-corrected chi connectivity index (χ2v) is 6.51. The summed E-state index contributed by atoms with van der Waals surface area (Å²) < 4.78 is 5.38. The summed E-state index contributed by atoms with van der Waals surface area (Å²) in [6.07, 6.45) is 6.00. The minimum atomic E-state index is -0.0567. The van der Waals surface area contributed by atoms with Crippen molar-refractivity contribution in [2.45, 2.75) is 32.4 Å². The van der Waals surface area contributed by atoms with E-state index in [0.29, 0.717) is 18.8 Å². The number of aromatic nitrogens is 1. The molecule has 1 aromatic carbocycles. The van der Waals surface area contributed by atoms with Gasteiger partial charge in [0.25, 0.3) is 5.91 Å². The lowest BCUT2D eigenvalue weighted by Gasteiger charge is -2.22. The maximum atomic E-state index is 12.6. The van der Waals surface area contributed by atoms with Gasteiger partial charge in [-0.3, -0.25) is 9.69 Å². The van der Waals surface area contributed by atoms with E-state index in [1.54, 1.807) is 6.07 Å². The molecule has 1 amide bonds. The molecule has 0 aliphatic carbocycles. The fourth-order valence-electron chi connectivity index (χ4n) is 3.11. The predicted octanol–water partition coefficient (Wildman–Crippen LogP) is 3.14. The molecule has 1 aliphatic rings. The molecule has 0 unspecified atom stereocenters. The molecule has 0 N–H and O–H groups in total. The molecule has 1 aromatic heterocycles. The summed E-state index contributed by atoms with van der Waals surface area (Å²) in [5, 5.41) is 3.98. The van der Waals surface area contributed by atoms with Crippen molar-refractivity contribution in [2.75, 3.05) is 20.1 Å². The Morgan fingerprint density at radius 2 is 2.16 bits per heavy atom. The summed E-state index contributed by atoms with van der Waals surface area (Å²) in [5.41, 5.74) is 1.71. The Morgan fingerprint density at radius 1 is 1.36 bits per heavy atom. The quantitative estimate of drug-likeness (QED) is 0.727. The Kier molecular flexibility index (Phi) is 5.66. The van der Waals surface area contributed by atoms with Gasteiger partial charge < -0.3 is 9.42 Å².